The van der Waals surface area contributed by atoms with Gasteiger partial charge in [-0.05, 0) is 43.5 Å². The Balaban J connectivity index is 1.83. The number of benzene rings is 1. The summed E-state index contributed by atoms with van der Waals surface area (Å²) in [4.78, 5) is 4.37. The third kappa shape index (κ3) is 2.13. The number of halogens is 1. The lowest BCUT2D eigenvalue weighted by Gasteiger charge is -2.01. The van der Waals surface area contributed by atoms with Crippen molar-refractivity contribution in [3.8, 4) is 11.4 Å². The summed E-state index contributed by atoms with van der Waals surface area (Å²) in [6.45, 7) is 0. The molecule has 1 aromatic heterocycles. The molecule has 1 fully saturated rings. The van der Waals surface area contributed by atoms with Crippen LogP contribution in [-0.2, 0) is 0 Å². The van der Waals surface area contributed by atoms with E-state index in [0.29, 0.717) is 11.7 Å². The van der Waals surface area contributed by atoms with Crippen LogP contribution < -0.4 is 5.73 Å². The number of aromatic nitrogens is 2. The zero-order valence-electron chi connectivity index (χ0n) is 9.84. The lowest BCUT2D eigenvalue weighted by Crippen LogP contribution is -2.14. The first-order chi connectivity index (χ1) is 8.72. The molecule has 2 unspecified atom stereocenters. The molecule has 4 nitrogen and oxygen atoms in total. The third-order valence-electron chi connectivity index (χ3n) is 3.37. The van der Waals surface area contributed by atoms with E-state index in [-0.39, 0.29) is 17.8 Å². The van der Waals surface area contributed by atoms with Crippen molar-refractivity contribution in [2.45, 2.75) is 31.2 Å². The van der Waals surface area contributed by atoms with E-state index >= 15 is 0 Å². The van der Waals surface area contributed by atoms with Gasteiger partial charge in [0.15, 0.2) is 0 Å². The van der Waals surface area contributed by atoms with Crippen LogP contribution in [0.4, 0.5) is 4.39 Å². The maximum Gasteiger partial charge on any atom is 0.230 e. The molecule has 1 heterocycles. The van der Waals surface area contributed by atoms with Crippen LogP contribution in [0.2, 0.25) is 0 Å². The Morgan fingerprint density at radius 2 is 2.00 bits per heavy atom. The highest BCUT2D eigenvalue weighted by Crippen LogP contribution is 2.33. The Morgan fingerprint density at radius 1 is 1.22 bits per heavy atom. The zero-order chi connectivity index (χ0) is 12.5. The molecular formula is C13H14FN3O. The van der Waals surface area contributed by atoms with Crippen LogP contribution in [0.25, 0.3) is 11.4 Å². The van der Waals surface area contributed by atoms with E-state index in [1.165, 1.54) is 12.1 Å². The van der Waals surface area contributed by atoms with Gasteiger partial charge in [0.1, 0.15) is 5.82 Å². The van der Waals surface area contributed by atoms with E-state index < -0.39 is 0 Å². The molecule has 18 heavy (non-hydrogen) atoms. The lowest BCUT2D eigenvalue weighted by molar-refractivity contribution is 0.353. The number of nitrogens with two attached hydrogens (primary N) is 1. The van der Waals surface area contributed by atoms with E-state index in [4.69, 9.17) is 10.3 Å². The van der Waals surface area contributed by atoms with Gasteiger partial charge in [-0.2, -0.15) is 4.98 Å². The maximum absolute atomic E-state index is 12.8. The molecule has 0 spiro atoms. The molecule has 5 heteroatoms. The van der Waals surface area contributed by atoms with Gasteiger partial charge < -0.3 is 10.3 Å². The number of rotatable bonds is 2. The Labute approximate surface area is 104 Å². The van der Waals surface area contributed by atoms with E-state index in [1.807, 2.05) is 0 Å². The lowest BCUT2D eigenvalue weighted by atomic mass is 10.1. The summed E-state index contributed by atoms with van der Waals surface area (Å²) in [5, 5.41) is 3.94. The van der Waals surface area contributed by atoms with Crippen LogP contribution in [0.15, 0.2) is 28.8 Å². The van der Waals surface area contributed by atoms with Gasteiger partial charge in [0.2, 0.25) is 11.7 Å². The topological polar surface area (TPSA) is 64.9 Å². The van der Waals surface area contributed by atoms with Crippen molar-refractivity contribution in [1.82, 2.24) is 10.1 Å². The molecule has 0 aliphatic heterocycles. The summed E-state index contributed by atoms with van der Waals surface area (Å²) < 4.78 is 18.1. The van der Waals surface area contributed by atoms with Gasteiger partial charge in [-0.15, -0.1) is 0 Å². The van der Waals surface area contributed by atoms with Gasteiger partial charge in [0.25, 0.3) is 0 Å². The second kappa shape index (κ2) is 4.49. The molecule has 3 rings (SSSR count). The SMILES string of the molecule is NC1CCC(c2nc(-c3ccc(F)cc3)no2)C1. The van der Waals surface area contributed by atoms with Crippen molar-refractivity contribution < 1.29 is 8.91 Å². The van der Waals surface area contributed by atoms with Gasteiger partial charge >= 0.3 is 0 Å². The smallest absolute Gasteiger partial charge is 0.230 e. The van der Waals surface area contributed by atoms with Crippen molar-refractivity contribution in [2.75, 3.05) is 0 Å². The average Bonchev–Trinajstić information content (AvgIpc) is 2.98. The molecule has 1 aliphatic rings. The van der Waals surface area contributed by atoms with Crippen molar-refractivity contribution in [3.05, 3.63) is 36.0 Å². The minimum atomic E-state index is -0.274. The maximum atomic E-state index is 12.8. The van der Waals surface area contributed by atoms with Crippen LogP contribution in [0.5, 0.6) is 0 Å². The molecule has 1 aliphatic carbocycles. The molecule has 0 saturated heterocycles. The van der Waals surface area contributed by atoms with Crippen molar-refractivity contribution in [1.29, 1.82) is 0 Å². The monoisotopic (exact) mass is 247 g/mol. The first kappa shape index (κ1) is 11.3. The standard InChI is InChI=1S/C13H14FN3O/c14-10-4-1-8(2-5-10)12-16-13(18-17-12)9-3-6-11(15)7-9/h1-2,4-5,9,11H,3,6-7,15H2. The quantitative estimate of drug-likeness (QED) is 0.885. The highest BCUT2D eigenvalue weighted by molar-refractivity contribution is 5.53. The molecule has 0 amide bonds. The fourth-order valence-corrected chi connectivity index (χ4v) is 2.36. The predicted octanol–water partition coefficient (Wildman–Crippen LogP) is 2.47. The van der Waals surface area contributed by atoms with Crippen LogP contribution in [0.3, 0.4) is 0 Å². The zero-order valence-corrected chi connectivity index (χ0v) is 9.84. The third-order valence-corrected chi connectivity index (χ3v) is 3.37. The Bertz CT molecular complexity index is 537. The Hall–Kier alpha value is -1.75. The summed E-state index contributed by atoms with van der Waals surface area (Å²) in [6.07, 6.45) is 2.89. The molecule has 1 aromatic carbocycles. The van der Waals surface area contributed by atoms with Crippen LogP contribution in [-0.4, -0.2) is 16.2 Å². The molecule has 0 radical (unpaired) electrons. The summed E-state index contributed by atoms with van der Waals surface area (Å²) in [5.74, 6) is 1.14. The van der Waals surface area contributed by atoms with Crippen LogP contribution in [0.1, 0.15) is 31.1 Å². The molecule has 1 saturated carbocycles. The van der Waals surface area contributed by atoms with Gasteiger partial charge in [-0.3, -0.25) is 0 Å². The van der Waals surface area contributed by atoms with E-state index in [9.17, 15) is 4.39 Å². The summed E-state index contributed by atoms with van der Waals surface area (Å²) in [7, 11) is 0. The molecule has 2 atom stereocenters. The molecule has 2 aromatic rings. The first-order valence-corrected chi connectivity index (χ1v) is 6.07. The largest absolute Gasteiger partial charge is 0.339 e. The second-order valence-corrected chi connectivity index (χ2v) is 4.73. The van der Waals surface area contributed by atoms with Gasteiger partial charge in [-0.25, -0.2) is 4.39 Å². The number of nitrogens with zero attached hydrogens (tertiary/aromatic N) is 2. The van der Waals surface area contributed by atoms with Crippen LogP contribution >= 0.6 is 0 Å². The molecule has 0 bridgehead atoms. The summed E-state index contributed by atoms with van der Waals surface area (Å²) >= 11 is 0. The first-order valence-electron chi connectivity index (χ1n) is 6.07. The van der Waals surface area contributed by atoms with Gasteiger partial charge in [-0.1, -0.05) is 5.16 Å². The highest BCUT2D eigenvalue weighted by atomic mass is 19.1. The van der Waals surface area contributed by atoms with E-state index in [2.05, 4.69) is 10.1 Å². The second-order valence-electron chi connectivity index (χ2n) is 4.73. The van der Waals surface area contributed by atoms with Crippen LogP contribution in [0, 0.1) is 5.82 Å². The fourth-order valence-electron chi connectivity index (χ4n) is 2.36. The van der Waals surface area contributed by atoms with Gasteiger partial charge in [0.05, 0.1) is 0 Å². The fraction of sp³-hybridized carbons (Fsp3) is 0.385. The van der Waals surface area contributed by atoms with Crippen molar-refractivity contribution in [2.24, 2.45) is 5.73 Å². The van der Waals surface area contributed by atoms with E-state index in [1.54, 1.807) is 12.1 Å². The molecular weight excluding hydrogens is 233 g/mol. The Kier molecular flexibility index (Phi) is 2.83. The number of hydrogen-bond acceptors (Lipinski definition) is 4. The van der Waals surface area contributed by atoms with E-state index in [0.717, 1.165) is 24.8 Å². The highest BCUT2D eigenvalue weighted by Gasteiger charge is 2.27. The normalized spacial score (nSPS) is 23.4. The average molecular weight is 247 g/mol. The summed E-state index contributed by atoms with van der Waals surface area (Å²) in [5.41, 5.74) is 6.62. The predicted molar refractivity (Wildman–Crippen MR) is 64.3 cm³/mol. The molecule has 2 N–H and O–H groups in total. The minimum absolute atomic E-state index is 0.233. The molecule has 94 valence electrons. The van der Waals surface area contributed by atoms with Crippen molar-refractivity contribution >= 4 is 0 Å². The Morgan fingerprint density at radius 3 is 2.67 bits per heavy atom. The minimum Gasteiger partial charge on any atom is -0.339 e. The summed E-state index contributed by atoms with van der Waals surface area (Å²) in [6, 6.07) is 6.29. The van der Waals surface area contributed by atoms with Crippen molar-refractivity contribution in [3.63, 3.8) is 0 Å². The number of hydrogen-bond donors (Lipinski definition) is 1. The van der Waals surface area contributed by atoms with Gasteiger partial charge in [0, 0.05) is 17.5 Å².